The van der Waals surface area contributed by atoms with Crippen LogP contribution in [-0.4, -0.2) is 9.55 Å². The van der Waals surface area contributed by atoms with E-state index in [0.717, 1.165) is 19.5 Å². The Morgan fingerprint density at radius 3 is 2.94 bits per heavy atom. The molecule has 0 saturated heterocycles. The van der Waals surface area contributed by atoms with E-state index in [2.05, 4.69) is 47.8 Å². The molecule has 0 aliphatic rings. The van der Waals surface area contributed by atoms with Crippen LogP contribution in [0.1, 0.15) is 41.8 Å². The lowest BCUT2D eigenvalue weighted by atomic mass is 10.2. The van der Waals surface area contributed by atoms with Gasteiger partial charge >= 0.3 is 0 Å². The molecule has 0 bridgehead atoms. The second kappa shape index (κ2) is 6.16. The highest BCUT2D eigenvalue weighted by atomic mass is 32.1. The molecule has 0 aliphatic heterocycles. The summed E-state index contributed by atoms with van der Waals surface area (Å²) in [7, 11) is 0. The average Bonchev–Trinajstić information content (AvgIpc) is 2.96. The van der Waals surface area contributed by atoms with E-state index in [1.807, 2.05) is 23.9 Å². The van der Waals surface area contributed by atoms with Gasteiger partial charge in [-0.1, -0.05) is 6.92 Å². The second-order valence-corrected chi connectivity index (χ2v) is 5.95. The molecule has 18 heavy (non-hydrogen) atoms. The van der Waals surface area contributed by atoms with Crippen LogP contribution < -0.4 is 5.32 Å². The third-order valence-corrected chi connectivity index (χ3v) is 4.22. The lowest BCUT2D eigenvalue weighted by Gasteiger charge is -2.13. The molecule has 2 aromatic heterocycles. The molecular weight excluding hydrogens is 242 g/mol. The van der Waals surface area contributed by atoms with Crippen molar-refractivity contribution in [1.82, 2.24) is 14.9 Å². The Bertz CT molecular complexity index is 487. The summed E-state index contributed by atoms with van der Waals surface area (Å²) >= 11 is 1.86. The summed E-state index contributed by atoms with van der Waals surface area (Å²) in [6.45, 7) is 8.47. The van der Waals surface area contributed by atoms with Gasteiger partial charge in [0.15, 0.2) is 0 Å². The summed E-state index contributed by atoms with van der Waals surface area (Å²) in [4.78, 5) is 6.99. The number of hydrogen-bond acceptors (Lipinski definition) is 3. The summed E-state index contributed by atoms with van der Waals surface area (Å²) < 4.78 is 2.22. The molecule has 1 atom stereocenters. The van der Waals surface area contributed by atoms with Crippen LogP contribution in [0.25, 0.3) is 0 Å². The number of aryl methyl sites for hydroxylation is 2. The summed E-state index contributed by atoms with van der Waals surface area (Å²) in [5.74, 6) is 0. The fraction of sp³-hybridized carbons (Fsp3) is 0.500. The Balaban J connectivity index is 1.92. The molecule has 0 saturated carbocycles. The molecule has 3 nitrogen and oxygen atoms in total. The van der Waals surface area contributed by atoms with Crippen molar-refractivity contribution in [3.63, 3.8) is 0 Å². The minimum Gasteiger partial charge on any atom is -0.333 e. The first kappa shape index (κ1) is 13.3. The van der Waals surface area contributed by atoms with E-state index in [1.165, 1.54) is 15.4 Å². The summed E-state index contributed by atoms with van der Waals surface area (Å²) in [6, 6.07) is 4.79. The Hall–Kier alpha value is -1.13. The van der Waals surface area contributed by atoms with Gasteiger partial charge in [-0.05, 0) is 32.4 Å². The number of thiophene rings is 1. The predicted octanol–water partition coefficient (Wildman–Crippen LogP) is 3.51. The van der Waals surface area contributed by atoms with Crippen molar-refractivity contribution in [1.29, 1.82) is 0 Å². The second-order valence-electron chi connectivity index (χ2n) is 4.63. The Morgan fingerprint density at radius 2 is 2.28 bits per heavy atom. The van der Waals surface area contributed by atoms with Crippen LogP contribution in [0.3, 0.4) is 0 Å². The van der Waals surface area contributed by atoms with E-state index in [-0.39, 0.29) is 0 Å². The fourth-order valence-corrected chi connectivity index (χ4v) is 2.89. The van der Waals surface area contributed by atoms with Crippen molar-refractivity contribution < 1.29 is 0 Å². The third-order valence-electron chi connectivity index (χ3n) is 3.04. The lowest BCUT2D eigenvalue weighted by Crippen LogP contribution is -2.19. The minimum absolute atomic E-state index is 0.397. The highest BCUT2D eigenvalue weighted by Crippen LogP contribution is 2.22. The topological polar surface area (TPSA) is 29.9 Å². The first-order chi connectivity index (χ1) is 8.70. The molecule has 0 aromatic carbocycles. The van der Waals surface area contributed by atoms with Crippen molar-refractivity contribution in [3.8, 4) is 0 Å². The van der Waals surface area contributed by atoms with Crippen LogP contribution in [0, 0.1) is 6.92 Å². The Labute approximate surface area is 113 Å². The van der Waals surface area contributed by atoms with E-state index in [0.29, 0.717) is 6.04 Å². The quantitative estimate of drug-likeness (QED) is 0.864. The van der Waals surface area contributed by atoms with Crippen LogP contribution in [0.4, 0.5) is 0 Å². The standard InChI is InChI=1S/C14H21N3S/c1-4-7-17-10-15-8-13(17)9-16-12(3)14-6-5-11(2)18-14/h5-6,8,10,12,16H,4,7,9H2,1-3H3. The first-order valence-electron chi connectivity index (χ1n) is 6.49. The van der Waals surface area contributed by atoms with Crippen LogP contribution in [0.2, 0.25) is 0 Å². The van der Waals surface area contributed by atoms with Gasteiger partial charge in [-0.3, -0.25) is 0 Å². The van der Waals surface area contributed by atoms with Crippen molar-refractivity contribution >= 4 is 11.3 Å². The molecule has 2 heterocycles. The smallest absolute Gasteiger partial charge is 0.0948 e. The molecule has 1 N–H and O–H groups in total. The van der Waals surface area contributed by atoms with Crippen LogP contribution in [0.15, 0.2) is 24.7 Å². The SMILES string of the molecule is CCCn1cncc1CNC(C)c1ccc(C)s1. The zero-order valence-electron chi connectivity index (χ0n) is 11.3. The molecule has 4 heteroatoms. The maximum absolute atomic E-state index is 4.22. The number of rotatable bonds is 6. The van der Waals surface area contributed by atoms with Gasteiger partial charge in [0, 0.05) is 35.1 Å². The third kappa shape index (κ3) is 3.21. The van der Waals surface area contributed by atoms with Gasteiger partial charge in [-0.15, -0.1) is 11.3 Å². The van der Waals surface area contributed by atoms with Crippen molar-refractivity contribution in [2.24, 2.45) is 0 Å². The number of imidazole rings is 1. The van der Waals surface area contributed by atoms with Gasteiger partial charge in [0.2, 0.25) is 0 Å². The van der Waals surface area contributed by atoms with E-state index in [1.54, 1.807) is 0 Å². The van der Waals surface area contributed by atoms with Crippen molar-refractivity contribution in [3.05, 3.63) is 40.1 Å². The number of nitrogens with one attached hydrogen (secondary N) is 1. The molecule has 2 rings (SSSR count). The fourth-order valence-electron chi connectivity index (χ4n) is 1.98. The Morgan fingerprint density at radius 1 is 1.44 bits per heavy atom. The highest BCUT2D eigenvalue weighted by molar-refractivity contribution is 7.12. The first-order valence-corrected chi connectivity index (χ1v) is 7.31. The highest BCUT2D eigenvalue weighted by Gasteiger charge is 2.08. The summed E-state index contributed by atoms with van der Waals surface area (Å²) in [6.07, 6.45) is 5.01. The van der Waals surface area contributed by atoms with E-state index in [9.17, 15) is 0 Å². The molecular formula is C14H21N3S. The summed E-state index contributed by atoms with van der Waals surface area (Å²) in [5.41, 5.74) is 1.26. The summed E-state index contributed by atoms with van der Waals surface area (Å²) in [5, 5.41) is 3.56. The maximum Gasteiger partial charge on any atom is 0.0948 e. The Kier molecular flexibility index (Phi) is 4.55. The van der Waals surface area contributed by atoms with Crippen LogP contribution in [0.5, 0.6) is 0 Å². The predicted molar refractivity (Wildman–Crippen MR) is 76.8 cm³/mol. The zero-order valence-corrected chi connectivity index (χ0v) is 12.1. The largest absolute Gasteiger partial charge is 0.333 e. The van der Waals surface area contributed by atoms with E-state index < -0.39 is 0 Å². The van der Waals surface area contributed by atoms with Gasteiger partial charge in [-0.25, -0.2) is 4.98 Å². The van der Waals surface area contributed by atoms with Gasteiger partial charge in [0.05, 0.1) is 12.0 Å². The normalized spacial score (nSPS) is 12.8. The molecule has 0 fully saturated rings. The molecule has 1 unspecified atom stereocenters. The average molecular weight is 263 g/mol. The monoisotopic (exact) mass is 263 g/mol. The van der Waals surface area contributed by atoms with Gasteiger partial charge in [0.1, 0.15) is 0 Å². The molecule has 0 aliphatic carbocycles. The lowest BCUT2D eigenvalue weighted by molar-refractivity contribution is 0.547. The van der Waals surface area contributed by atoms with Gasteiger partial charge in [0.25, 0.3) is 0 Å². The molecule has 0 amide bonds. The van der Waals surface area contributed by atoms with Gasteiger partial charge < -0.3 is 9.88 Å². The van der Waals surface area contributed by atoms with Gasteiger partial charge in [-0.2, -0.15) is 0 Å². The number of nitrogens with zero attached hydrogens (tertiary/aromatic N) is 2. The van der Waals surface area contributed by atoms with Crippen molar-refractivity contribution in [2.75, 3.05) is 0 Å². The maximum atomic E-state index is 4.22. The van der Waals surface area contributed by atoms with Crippen molar-refractivity contribution in [2.45, 2.75) is 46.3 Å². The van der Waals surface area contributed by atoms with E-state index >= 15 is 0 Å². The van der Waals surface area contributed by atoms with Crippen LogP contribution >= 0.6 is 11.3 Å². The van der Waals surface area contributed by atoms with E-state index in [4.69, 9.17) is 0 Å². The number of aromatic nitrogens is 2. The van der Waals surface area contributed by atoms with Crippen LogP contribution in [-0.2, 0) is 13.1 Å². The molecule has 0 radical (unpaired) electrons. The molecule has 98 valence electrons. The molecule has 0 spiro atoms. The minimum atomic E-state index is 0.397. The zero-order chi connectivity index (χ0) is 13.0. The molecule has 2 aromatic rings. The number of hydrogen-bond donors (Lipinski definition) is 1.